The van der Waals surface area contributed by atoms with Crippen LogP contribution in [0.3, 0.4) is 0 Å². The average Bonchev–Trinajstić information content (AvgIpc) is 2.59. The molecule has 0 spiro atoms. The number of aryl methyl sites for hydroxylation is 1. The van der Waals surface area contributed by atoms with E-state index < -0.39 is 0 Å². The van der Waals surface area contributed by atoms with E-state index in [1.165, 1.54) is 0 Å². The van der Waals surface area contributed by atoms with Crippen LogP contribution in [-0.4, -0.2) is 43.1 Å². The van der Waals surface area contributed by atoms with E-state index in [2.05, 4.69) is 10.3 Å². The van der Waals surface area contributed by atoms with Crippen molar-refractivity contribution in [2.75, 3.05) is 32.2 Å². The zero-order valence-corrected chi connectivity index (χ0v) is 13.7. The lowest BCUT2D eigenvalue weighted by Crippen LogP contribution is -2.32. The number of pyridine rings is 1. The predicted molar refractivity (Wildman–Crippen MR) is 91.1 cm³/mol. The number of rotatable bonds is 5. The number of aromatic nitrogens is 1. The number of nitrogens with one attached hydrogen (secondary N) is 1. The van der Waals surface area contributed by atoms with Crippen LogP contribution in [-0.2, 0) is 4.74 Å². The van der Waals surface area contributed by atoms with Gasteiger partial charge in [-0.2, -0.15) is 0 Å². The molecule has 1 fully saturated rings. The third-order valence-corrected chi connectivity index (χ3v) is 4.46. The van der Waals surface area contributed by atoms with Gasteiger partial charge in [0.25, 0.3) is 0 Å². The lowest BCUT2D eigenvalue weighted by atomic mass is 9.94. The van der Waals surface area contributed by atoms with Gasteiger partial charge in [-0.05, 0) is 37.8 Å². The van der Waals surface area contributed by atoms with Gasteiger partial charge < -0.3 is 19.9 Å². The second-order valence-corrected chi connectivity index (χ2v) is 6.07. The van der Waals surface area contributed by atoms with Crippen LogP contribution >= 0.6 is 0 Å². The number of aliphatic hydroxyl groups excluding tert-OH is 1. The first-order chi connectivity index (χ1) is 11.2. The van der Waals surface area contributed by atoms with Crippen molar-refractivity contribution < 1.29 is 14.6 Å². The lowest BCUT2D eigenvalue weighted by molar-refractivity contribution is 0.0131. The molecule has 1 aromatic heterocycles. The Morgan fingerprint density at radius 2 is 2.17 bits per heavy atom. The number of hydrogen-bond donors (Lipinski definition) is 2. The lowest BCUT2D eigenvalue weighted by Gasteiger charge is -2.27. The number of ether oxygens (including phenoxy) is 2. The third kappa shape index (κ3) is 3.57. The summed E-state index contributed by atoms with van der Waals surface area (Å²) >= 11 is 0. The molecule has 1 aliphatic rings. The van der Waals surface area contributed by atoms with Crippen LogP contribution in [0.1, 0.15) is 18.5 Å². The van der Waals surface area contributed by atoms with Gasteiger partial charge in [-0.25, -0.2) is 4.98 Å². The molecule has 2 aromatic rings. The predicted octanol–water partition coefficient (Wildman–Crippen LogP) is 2.75. The zero-order chi connectivity index (χ0) is 16.2. The smallest absolute Gasteiger partial charge is 0.145 e. The molecular formula is C18H24N2O3. The van der Waals surface area contributed by atoms with E-state index in [9.17, 15) is 5.11 Å². The molecule has 3 rings (SSSR count). The van der Waals surface area contributed by atoms with Gasteiger partial charge in [0.1, 0.15) is 11.3 Å². The highest BCUT2D eigenvalue weighted by Crippen LogP contribution is 2.30. The molecule has 1 aliphatic heterocycles. The van der Waals surface area contributed by atoms with Crippen LogP contribution < -0.4 is 10.1 Å². The molecule has 23 heavy (non-hydrogen) atoms. The average molecular weight is 316 g/mol. The van der Waals surface area contributed by atoms with E-state index in [1.54, 1.807) is 7.11 Å². The summed E-state index contributed by atoms with van der Waals surface area (Å²) in [6.45, 7) is 3.98. The van der Waals surface area contributed by atoms with Crippen molar-refractivity contribution in [3.8, 4) is 5.75 Å². The molecule has 0 aliphatic carbocycles. The Hall–Kier alpha value is -1.85. The van der Waals surface area contributed by atoms with Gasteiger partial charge in [-0.3, -0.25) is 0 Å². The van der Waals surface area contributed by atoms with Gasteiger partial charge in [-0.1, -0.05) is 12.1 Å². The summed E-state index contributed by atoms with van der Waals surface area (Å²) in [6.07, 6.45) is 1.48. The summed E-state index contributed by atoms with van der Waals surface area (Å²) in [4.78, 5) is 4.58. The summed E-state index contributed by atoms with van der Waals surface area (Å²) in [7, 11) is 1.65. The molecule has 5 nitrogen and oxygen atoms in total. The highest BCUT2D eigenvalue weighted by atomic mass is 16.5. The van der Waals surface area contributed by atoms with Gasteiger partial charge in [0.2, 0.25) is 0 Å². The van der Waals surface area contributed by atoms with E-state index in [1.807, 2.05) is 31.2 Å². The quantitative estimate of drug-likeness (QED) is 0.888. The largest absolute Gasteiger partial charge is 0.494 e. The summed E-state index contributed by atoms with van der Waals surface area (Å²) in [5.41, 5.74) is 2.75. The van der Waals surface area contributed by atoms with Crippen LogP contribution in [0, 0.1) is 12.8 Å². The number of aliphatic hydroxyl groups is 1. The molecular weight excluding hydrogens is 292 g/mol. The fraction of sp³-hybridized carbons (Fsp3) is 0.500. The Kier molecular flexibility index (Phi) is 4.98. The minimum absolute atomic E-state index is 0.306. The van der Waals surface area contributed by atoms with Crippen molar-refractivity contribution in [2.45, 2.75) is 25.9 Å². The Morgan fingerprint density at radius 1 is 1.39 bits per heavy atom. The molecule has 1 unspecified atom stereocenters. The maximum Gasteiger partial charge on any atom is 0.145 e. The van der Waals surface area contributed by atoms with Gasteiger partial charge in [0, 0.05) is 36.5 Å². The second kappa shape index (κ2) is 7.15. The number of fused-ring (bicyclic) bond motifs is 1. The molecule has 2 heterocycles. The van der Waals surface area contributed by atoms with Crippen LogP contribution in [0.2, 0.25) is 0 Å². The Labute approximate surface area is 136 Å². The van der Waals surface area contributed by atoms with Crippen molar-refractivity contribution in [3.05, 3.63) is 30.0 Å². The van der Waals surface area contributed by atoms with E-state index in [0.717, 1.165) is 54.1 Å². The normalized spacial score (nSPS) is 17.2. The Morgan fingerprint density at radius 3 is 2.91 bits per heavy atom. The van der Waals surface area contributed by atoms with E-state index in [-0.39, 0.29) is 6.10 Å². The number of anilines is 1. The van der Waals surface area contributed by atoms with E-state index in [0.29, 0.717) is 12.5 Å². The minimum Gasteiger partial charge on any atom is -0.494 e. The second-order valence-electron chi connectivity index (χ2n) is 6.07. The van der Waals surface area contributed by atoms with Gasteiger partial charge in [-0.15, -0.1) is 0 Å². The van der Waals surface area contributed by atoms with E-state index >= 15 is 0 Å². The highest BCUT2D eigenvalue weighted by molar-refractivity contribution is 5.95. The minimum atomic E-state index is -0.368. The fourth-order valence-corrected chi connectivity index (χ4v) is 3.14. The summed E-state index contributed by atoms with van der Waals surface area (Å²) in [5, 5.41) is 14.8. The fourth-order valence-electron chi connectivity index (χ4n) is 3.14. The molecule has 0 saturated carbocycles. The van der Waals surface area contributed by atoms with Crippen LogP contribution in [0.5, 0.6) is 5.75 Å². The number of methoxy groups -OCH3 is 1. The van der Waals surface area contributed by atoms with Gasteiger partial charge in [0.05, 0.1) is 13.2 Å². The molecule has 0 radical (unpaired) electrons. The molecule has 0 amide bonds. The van der Waals surface area contributed by atoms with E-state index in [4.69, 9.17) is 9.47 Å². The third-order valence-electron chi connectivity index (χ3n) is 4.46. The highest BCUT2D eigenvalue weighted by Gasteiger charge is 2.22. The number of hydrogen-bond acceptors (Lipinski definition) is 5. The Bertz CT molecular complexity index is 669. The molecule has 1 atom stereocenters. The maximum atomic E-state index is 10.4. The number of nitrogens with zero attached hydrogens (tertiary/aromatic N) is 1. The van der Waals surface area contributed by atoms with Crippen molar-refractivity contribution in [1.82, 2.24) is 4.98 Å². The molecule has 0 bridgehead atoms. The molecule has 1 aromatic carbocycles. The molecule has 5 heteroatoms. The zero-order valence-electron chi connectivity index (χ0n) is 13.7. The topological polar surface area (TPSA) is 63.6 Å². The number of para-hydroxylation sites is 1. The van der Waals surface area contributed by atoms with Gasteiger partial charge in [0.15, 0.2) is 0 Å². The van der Waals surface area contributed by atoms with Crippen molar-refractivity contribution in [3.63, 3.8) is 0 Å². The molecule has 2 N–H and O–H groups in total. The maximum absolute atomic E-state index is 10.4. The first-order valence-corrected chi connectivity index (χ1v) is 8.13. The summed E-state index contributed by atoms with van der Waals surface area (Å²) < 4.78 is 10.8. The van der Waals surface area contributed by atoms with Crippen molar-refractivity contribution >= 4 is 16.6 Å². The van der Waals surface area contributed by atoms with Crippen molar-refractivity contribution in [2.24, 2.45) is 5.92 Å². The summed E-state index contributed by atoms with van der Waals surface area (Å²) in [5.74, 6) is 1.07. The van der Waals surface area contributed by atoms with Crippen LogP contribution in [0.25, 0.3) is 10.9 Å². The SMILES string of the molecule is COc1cccc2c(NCC(O)C3CCOCC3)cc(C)nc12. The molecule has 124 valence electrons. The monoisotopic (exact) mass is 316 g/mol. The van der Waals surface area contributed by atoms with Gasteiger partial charge >= 0.3 is 0 Å². The number of benzene rings is 1. The summed E-state index contributed by atoms with van der Waals surface area (Å²) in [6, 6.07) is 7.90. The molecule has 1 saturated heterocycles. The van der Waals surface area contributed by atoms with Crippen molar-refractivity contribution in [1.29, 1.82) is 0 Å². The Balaban J connectivity index is 1.79. The standard InChI is InChI=1S/C18H24N2O3/c1-12-10-15(14-4-3-5-17(22-2)18(14)20-12)19-11-16(21)13-6-8-23-9-7-13/h3-5,10,13,16,21H,6-9,11H2,1-2H3,(H,19,20). The first kappa shape index (κ1) is 16.0. The first-order valence-electron chi connectivity index (χ1n) is 8.13. The van der Waals surface area contributed by atoms with Crippen LogP contribution in [0.4, 0.5) is 5.69 Å². The van der Waals surface area contributed by atoms with Crippen LogP contribution in [0.15, 0.2) is 24.3 Å².